The van der Waals surface area contributed by atoms with E-state index in [-0.39, 0.29) is 0 Å². The summed E-state index contributed by atoms with van der Waals surface area (Å²) in [7, 11) is 0. The molecule has 3 aromatic heterocycles. The molecule has 4 heteroatoms. The van der Waals surface area contributed by atoms with Gasteiger partial charge in [-0.25, -0.2) is 4.98 Å². The first-order chi connectivity index (χ1) is 16.4. The van der Waals surface area contributed by atoms with Crippen molar-refractivity contribution >= 4 is 11.0 Å². The van der Waals surface area contributed by atoms with E-state index in [0.29, 0.717) is 0 Å². The number of rotatable bonds is 4. The van der Waals surface area contributed by atoms with E-state index in [9.17, 15) is 0 Å². The van der Waals surface area contributed by atoms with Gasteiger partial charge in [-0.3, -0.25) is 0 Å². The quantitative estimate of drug-likeness (QED) is 0.340. The van der Waals surface area contributed by atoms with Crippen molar-refractivity contribution in [1.82, 2.24) is 15.0 Å². The van der Waals surface area contributed by atoms with Gasteiger partial charge in [0.05, 0.1) is 11.0 Å². The summed E-state index contributed by atoms with van der Waals surface area (Å²) in [5.74, 6) is 1.64. The summed E-state index contributed by atoms with van der Waals surface area (Å²) in [4.78, 5) is 13.2. The zero-order valence-electron chi connectivity index (χ0n) is 17.9. The van der Waals surface area contributed by atoms with E-state index in [2.05, 4.69) is 76.3 Å². The highest BCUT2D eigenvalue weighted by atomic mass is 15.1. The van der Waals surface area contributed by atoms with E-state index in [4.69, 9.17) is 9.97 Å². The lowest BCUT2D eigenvalue weighted by atomic mass is 10.0. The van der Waals surface area contributed by atoms with Crippen LogP contribution >= 0.6 is 0 Å². The number of nitrogens with one attached hydrogen (secondary N) is 1. The van der Waals surface area contributed by atoms with Crippen LogP contribution in [0.4, 0.5) is 0 Å². The van der Waals surface area contributed by atoms with Gasteiger partial charge in [-0.1, -0.05) is 78.9 Å². The lowest BCUT2D eigenvalue weighted by Crippen LogP contribution is -2.37. The molecule has 0 atom stereocenters. The molecule has 1 N–H and O–H groups in total. The van der Waals surface area contributed by atoms with Crippen LogP contribution in [0, 0.1) is 0 Å². The summed E-state index contributed by atoms with van der Waals surface area (Å²) in [6.45, 7) is 0. The minimum Gasteiger partial charge on any atom is -0.335 e. The van der Waals surface area contributed by atoms with E-state index in [1.54, 1.807) is 0 Å². The van der Waals surface area contributed by atoms with Crippen LogP contribution in [0.5, 0.6) is 0 Å². The third kappa shape index (κ3) is 3.58. The summed E-state index contributed by atoms with van der Waals surface area (Å²) in [5, 5.41) is 0. The first-order valence-electron chi connectivity index (χ1n) is 10.9. The van der Waals surface area contributed by atoms with Gasteiger partial charge in [0, 0.05) is 11.6 Å². The highest BCUT2D eigenvalue weighted by molar-refractivity contribution is 5.80. The fourth-order valence-corrected chi connectivity index (χ4v) is 4.19. The van der Waals surface area contributed by atoms with Crippen LogP contribution in [-0.4, -0.2) is 15.0 Å². The van der Waals surface area contributed by atoms with E-state index < -0.39 is 0 Å². The number of benzene rings is 3. The summed E-state index contributed by atoms with van der Waals surface area (Å²) < 4.78 is 2.18. The van der Waals surface area contributed by atoms with Gasteiger partial charge in [0.15, 0.2) is 11.5 Å². The fourth-order valence-electron chi connectivity index (χ4n) is 4.19. The molecule has 0 unspecified atom stereocenters. The van der Waals surface area contributed by atoms with Crippen molar-refractivity contribution in [2.45, 2.75) is 0 Å². The van der Waals surface area contributed by atoms with Gasteiger partial charge in [-0.05, 0) is 46.4 Å². The zero-order valence-corrected chi connectivity index (χ0v) is 17.9. The van der Waals surface area contributed by atoms with Crippen molar-refractivity contribution in [3.05, 3.63) is 121 Å². The number of H-pyrrole nitrogens is 1. The Morgan fingerprint density at radius 3 is 1.97 bits per heavy atom. The smallest absolute Gasteiger partial charge is 0.328 e. The maximum absolute atomic E-state index is 4.93. The normalized spacial score (nSPS) is 11.0. The predicted octanol–water partition coefficient (Wildman–Crippen LogP) is 6.24. The molecule has 156 valence electrons. The molecule has 3 aromatic carbocycles. The largest absolute Gasteiger partial charge is 0.335 e. The van der Waals surface area contributed by atoms with E-state index >= 15 is 0 Å². The van der Waals surface area contributed by atoms with E-state index in [1.165, 1.54) is 0 Å². The number of nitrogens with zero attached hydrogens (tertiary/aromatic N) is 3. The first-order valence-corrected chi connectivity index (χ1v) is 10.9. The van der Waals surface area contributed by atoms with Crippen LogP contribution < -0.4 is 4.57 Å². The highest BCUT2D eigenvalue weighted by Crippen LogP contribution is 2.30. The Labute approximate surface area is 191 Å². The maximum atomic E-state index is 4.93. The van der Waals surface area contributed by atoms with Crippen LogP contribution in [0.1, 0.15) is 0 Å². The number of fused-ring (bicyclic) bond motifs is 1. The maximum Gasteiger partial charge on any atom is 0.328 e. The second kappa shape index (κ2) is 8.17. The molecule has 6 aromatic rings. The van der Waals surface area contributed by atoms with Gasteiger partial charge in [0.25, 0.3) is 0 Å². The Hall–Kier alpha value is -4.57. The molecular weight excluding hydrogens is 404 g/mol. The SMILES string of the molecule is c1ccc(-c2cc(-c3ccccc3)[n+](-c3ccccn3)c(-c3nc4ccccc4[nH]3)c2)cc1. The fraction of sp³-hybridized carbons (Fsp3) is 0. The lowest BCUT2D eigenvalue weighted by Gasteiger charge is -2.13. The van der Waals surface area contributed by atoms with Gasteiger partial charge in [0.1, 0.15) is 11.9 Å². The van der Waals surface area contributed by atoms with E-state index in [0.717, 1.165) is 50.8 Å². The van der Waals surface area contributed by atoms with Gasteiger partial charge in [-0.15, -0.1) is 0 Å². The van der Waals surface area contributed by atoms with Gasteiger partial charge >= 0.3 is 5.82 Å². The Morgan fingerprint density at radius 2 is 1.24 bits per heavy atom. The molecule has 33 heavy (non-hydrogen) atoms. The summed E-state index contributed by atoms with van der Waals surface area (Å²) in [6.07, 6.45) is 1.82. The van der Waals surface area contributed by atoms with Crippen LogP contribution in [0.15, 0.2) is 121 Å². The first kappa shape index (κ1) is 19.1. The standard InChI is InChI=1S/C29H20N4/c1-3-11-21(12-4-1)23-19-26(22-13-5-2-6-14-22)33(28-17-9-10-18-30-28)27(20-23)29-31-24-15-7-8-16-25(24)32-29/h1-20H/p+1. The van der Waals surface area contributed by atoms with Crippen molar-refractivity contribution in [2.75, 3.05) is 0 Å². The van der Waals surface area contributed by atoms with Crippen LogP contribution in [0.25, 0.3) is 50.8 Å². The minimum absolute atomic E-state index is 0.803. The average Bonchev–Trinajstić information content (AvgIpc) is 3.34. The molecule has 3 heterocycles. The molecule has 0 amide bonds. The lowest BCUT2D eigenvalue weighted by molar-refractivity contribution is -0.576. The van der Waals surface area contributed by atoms with Crippen LogP contribution in [0.2, 0.25) is 0 Å². The molecule has 0 radical (unpaired) electrons. The number of hydrogen-bond acceptors (Lipinski definition) is 2. The molecule has 0 fully saturated rings. The summed E-state index contributed by atoms with van der Waals surface area (Å²) >= 11 is 0. The molecule has 0 bridgehead atoms. The molecule has 0 aliphatic heterocycles. The number of aromatic amines is 1. The Kier molecular flexibility index (Phi) is 4.74. The van der Waals surface area contributed by atoms with Gasteiger partial charge in [0.2, 0.25) is 0 Å². The Balaban J connectivity index is 1.71. The van der Waals surface area contributed by atoms with Crippen molar-refractivity contribution < 1.29 is 4.57 Å². The zero-order chi connectivity index (χ0) is 22.0. The van der Waals surface area contributed by atoms with Crippen molar-refractivity contribution in [1.29, 1.82) is 0 Å². The van der Waals surface area contributed by atoms with Crippen LogP contribution in [-0.2, 0) is 0 Å². The molecular formula is C29H21N4+. The molecule has 0 saturated heterocycles. The summed E-state index contributed by atoms with van der Waals surface area (Å²) in [5.41, 5.74) is 7.32. The second-order valence-electron chi connectivity index (χ2n) is 7.87. The molecule has 0 spiro atoms. The molecule has 0 aliphatic rings. The number of imidazole rings is 1. The van der Waals surface area contributed by atoms with Crippen molar-refractivity contribution in [3.8, 4) is 39.7 Å². The van der Waals surface area contributed by atoms with Crippen LogP contribution in [0.3, 0.4) is 0 Å². The van der Waals surface area contributed by atoms with E-state index in [1.807, 2.05) is 54.7 Å². The third-order valence-electron chi connectivity index (χ3n) is 5.75. The van der Waals surface area contributed by atoms with Gasteiger partial charge in [-0.2, -0.15) is 4.57 Å². The number of para-hydroxylation sites is 2. The number of pyridine rings is 2. The average molecular weight is 426 g/mol. The summed E-state index contributed by atoms with van der Waals surface area (Å²) in [6, 6.07) is 39.4. The Bertz CT molecular complexity index is 1510. The van der Waals surface area contributed by atoms with Crippen molar-refractivity contribution in [3.63, 3.8) is 0 Å². The predicted molar refractivity (Wildman–Crippen MR) is 132 cm³/mol. The Morgan fingerprint density at radius 1 is 0.576 bits per heavy atom. The topological polar surface area (TPSA) is 45.5 Å². The monoisotopic (exact) mass is 425 g/mol. The van der Waals surface area contributed by atoms with Gasteiger partial charge < -0.3 is 4.98 Å². The minimum atomic E-state index is 0.803. The molecule has 0 saturated carbocycles. The second-order valence-corrected chi connectivity index (χ2v) is 7.87. The van der Waals surface area contributed by atoms with Crippen molar-refractivity contribution in [2.24, 2.45) is 0 Å². The third-order valence-corrected chi connectivity index (χ3v) is 5.75. The molecule has 6 rings (SSSR count). The molecule has 0 aliphatic carbocycles. The molecule has 4 nitrogen and oxygen atoms in total. The number of aromatic nitrogens is 4. The highest BCUT2D eigenvalue weighted by Gasteiger charge is 2.24. The number of hydrogen-bond donors (Lipinski definition) is 1.